The summed E-state index contributed by atoms with van der Waals surface area (Å²) in [6, 6.07) is 12.9. The molecule has 0 atom stereocenters. The number of furan rings is 1. The lowest BCUT2D eigenvalue weighted by molar-refractivity contribution is -0.116. The van der Waals surface area contributed by atoms with Crippen LogP contribution in [0, 0.1) is 5.82 Å². The van der Waals surface area contributed by atoms with Gasteiger partial charge in [-0.25, -0.2) is 4.39 Å². The van der Waals surface area contributed by atoms with Gasteiger partial charge in [-0.3, -0.25) is 9.59 Å². The SMILES string of the molecule is CCCCC(=O)Nc1c(C(=O)Nc2ccccc2F)oc2ccccc12. The highest BCUT2D eigenvalue weighted by Crippen LogP contribution is 2.32. The minimum Gasteiger partial charge on any atom is -0.449 e. The fraction of sp³-hybridized carbons (Fsp3) is 0.200. The smallest absolute Gasteiger partial charge is 0.293 e. The summed E-state index contributed by atoms with van der Waals surface area (Å²) in [5.41, 5.74) is 0.814. The molecule has 26 heavy (non-hydrogen) atoms. The minimum absolute atomic E-state index is 0.0428. The summed E-state index contributed by atoms with van der Waals surface area (Å²) in [6.45, 7) is 1.99. The Morgan fingerprint density at radius 1 is 1.04 bits per heavy atom. The fourth-order valence-electron chi connectivity index (χ4n) is 2.61. The largest absolute Gasteiger partial charge is 0.449 e. The molecule has 1 heterocycles. The van der Waals surface area contributed by atoms with Crippen molar-refractivity contribution < 1.29 is 18.4 Å². The highest BCUT2D eigenvalue weighted by Gasteiger charge is 2.22. The van der Waals surface area contributed by atoms with Gasteiger partial charge in [-0.1, -0.05) is 37.6 Å². The number of hydrogen-bond acceptors (Lipinski definition) is 3. The first-order valence-electron chi connectivity index (χ1n) is 8.47. The first kappa shape index (κ1) is 17.7. The van der Waals surface area contributed by atoms with E-state index in [2.05, 4.69) is 10.6 Å². The molecule has 2 N–H and O–H groups in total. The van der Waals surface area contributed by atoms with Gasteiger partial charge in [-0.15, -0.1) is 0 Å². The molecule has 0 aliphatic rings. The van der Waals surface area contributed by atoms with E-state index in [4.69, 9.17) is 4.42 Å². The molecular formula is C20H19FN2O3. The zero-order valence-electron chi connectivity index (χ0n) is 14.3. The standard InChI is InChI=1S/C20H19FN2O3/c1-2-3-12-17(24)23-18-13-8-4-7-11-16(13)26-19(18)20(25)22-15-10-6-5-9-14(15)21/h4-11H,2-3,12H2,1H3,(H,22,25)(H,23,24). The number of carbonyl (C=O) groups is 2. The van der Waals surface area contributed by atoms with Gasteiger partial charge in [0.1, 0.15) is 17.1 Å². The first-order chi connectivity index (χ1) is 12.6. The Morgan fingerprint density at radius 3 is 2.54 bits per heavy atom. The van der Waals surface area contributed by atoms with Gasteiger partial charge in [0.05, 0.1) is 5.69 Å². The number of para-hydroxylation sites is 2. The van der Waals surface area contributed by atoms with Crippen LogP contribution >= 0.6 is 0 Å². The topological polar surface area (TPSA) is 71.3 Å². The maximum Gasteiger partial charge on any atom is 0.293 e. The van der Waals surface area contributed by atoms with E-state index in [1.54, 1.807) is 30.3 Å². The molecule has 134 valence electrons. The highest BCUT2D eigenvalue weighted by molar-refractivity contribution is 6.14. The van der Waals surface area contributed by atoms with Crippen molar-refractivity contribution in [2.45, 2.75) is 26.2 Å². The summed E-state index contributed by atoms with van der Waals surface area (Å²) < 4.78 is 19.4. The molecule has 2 amide bonds. The normalized spacial score (nSPS) is 10.7. The minimum atomic E-state index is -0.628. The molecule has 3 rings (SSSR count). The predicted molar refractivity (Wildman–Crippen MR) is 98.7 cm³/mol. The van der Waals surface area contributed by atoms with E-state index in [0.29, 0.717) is 23.1 Å². The number of benzene rings is 2. The van der Waals surface area contributed by atoms with Gasteiger partial charge in [0, 0.05) is 11.8 Å². The van der Waals surface area contributed by atoms with Crippen LogP contribution in [0.3, 0.4) is 0 Å². The zero-order chi connectivity index (χ0) is 18.5. The van der Waals surface area contributed by atoms with Crippen molar-refractivity contribution in [1.29, 1.82) is 0 Å². The molecule has 0 saturated carbocycles. The Labute approximate surface area is 150 Å². The maximum atomic E-state index is 13.8. The van der Waals surface area contributed by atoms with E-state index in [1.807, 2.05) is 6.92 Å². The van der Waals surface area contributed by atoms with Gasteiger partial charge in [0.15, 0.2) is 0 Å². The number of hydrogen-bond donors (Lipinski definition) is 2. The summed E-state index contributed by atoms with van der Waals surface area (Å²) in [4.78, 5) is 24.8. The number of amides is 2. The quantitative estimate of drug-likeness (QED) is 0.658. The number of anilines is 2. The van der Waals surface area contributed by atoms with Crippen molar-refractivity contribution >= 4 is 34.2 Å². The Balaban J connectivity index is 1.94. The lowest BCUT2D eigenvalue weighted by Crippen LogP contribution is -2.17. The number of unbranched alkanes of at least 4 members (excludes halogenated alkanes) is 1. The van der Waals surface area contributed by atoms with Crippen molar-refractivity contribution in [2.75, 3.05) is 10.6 Å². The molecular weight excluding hydrogens is 335 g/mol. The summed E-state index contributed by atoms with van der Waals surface area (Å²) in [5.74, 6) is -1.43. The maximum absolute atomic E-state index is 13.8. The van der Waals surface area contributed by atoms with Crippen molar-refractivity contribution in [3.05, 3.63) is 60.1 Å². The van der Waals surface area contributed by atoms with Gasteiger partial charge in [0.25, 0.3) is 5.91 Å². The molecule has 0 bridgehead atoms. The fourth-order valence-corrected chi connectivity index (χ4v) is 2.61. The molecule has 0 radical (unpaired) electrons. The third-order valence-electron chi connectivity index (χ3n) is 3.95. The number of rotatable bonds is 6. The van der Waals surface area contributed by atoms with Crippen molar-refractivity contribution in [2.24, 2.45) is 0 Å². The number of carbonyl (C=O) groups excluding carboxylic acids is 2. The van der Waals surface area contributed by atoms with Crippen LogP contribution < -0.4 is 10.6 Å². The molecule has 1 aromatic heterocycles. The second kappa shape index (κ2) is 7.82. The van der Waals surface area contributed by atoms with Crippen LogP contribution in [0.2, 0.25) is 0 Å². The molecule has 5 nitrogen and oxygen atoms in total. The molecule has 0 saturated heterocycles. The monoisotopic (exact) mass is 354 g/mol. The van der Waals surface area contributed by atoms with E-state index in [9.17, 15) is 14.0 Å². The number of halogens is 1. The molecule has 0 aliphatic heterocycles. The van der Waals surface area contributed by atoms with Crippen LogP contribution in [0.5, 0.6) is 0 Å². The Bertz CT molecular complexity index is 949. The van der Waals surface area contributed by atoms with Gasteiger partial charge >= 0.3 is 0 Å². The lowest BCUT2D eigenvalue weighted by Gasteiger charge is -2.07. The van der Waals surface area contributed by atoms with Crippen molar-refractivity contribution in [3.63, 3.8) is 0 Å². The van der Waals surface area contributed by atoms with Crippen molar-refractivity contribution in [1.82, 2.24) is 0 Å². The summed E-state index contributed by atoms with van der Waals surface area (Å²) in [7, 11) is 0. The van der Waals surface area contributed by atoms with Crippen LogP contribution in [0.1, 0.15) is 36.7 Å². The molecule has 0 aliphatic carbocycles. The summed E-state index contributed by atoms with van der Waals surface area (Å²) in [5, 5.41) is 5.87. The first-order valence-corrected chi connectivity index (χ1v) is 8.47. The van der Waals surface area contributed by atoms with Crippen LogP contribution in [0.4, 0.5) is 15.8 Å². The predicted octanol–water partition coefficient (Wildman–Crippen LogP) is 4.95. The van der Waals surface area contributed by atoms with Crippen molar-refractivity contribution in [3.8, 4) is 0 Å². The molecule has 6 heteroatoms. The third kappa shape index (κ3) is 3.74. The van der Waals surface area contributed by atoms with Gasteiger partial charge < -0.3 is 15.1 Å². The molecule has 0 spiro atoms. The van der Waals surface area contributed by atoms with Crippen LogP contribution in [0.15, 0.2) is 52.9 Å². The summed E-state index contributed by atoms with van der Waals surface area (Å²) in [6.07, 6.45) is 1.99. The van der Waals surface area contributed by atoms with Crippen LogP contribution in [-0.4, -0.2) is 11.8 Å². The second-order valence-corrected chi connectivity index (χ2v) is 5.89. The van der Waals surface area contributed by atoms with Crippen LogP contribution in [-0.2, 0) is 4.79 Å². The Hall–Kier alpha value is -3.15. The molecule has 0 unspecified atom stereocenters. The van der Waals surface area contributed by atoms with E-state index < -0.39 is 11.7 Å². The third-order valence-corrected chi connectivity index (χ3v) is 3.95. The average molecular weight is 354 g/mol. The van der Waals surface area contributed by atoms with Crippen LogP contribution in [0.25, 0.3) is 11.0 Å². The second-order valence-electron chi connectivity index (χ2n) is 5.89. The number of nitrogens with one attached hydrogen (secondary N) is 2. The van der Waals surface area contributed by atoms with Gasteiger partial charge in [-0.2, -0.15) is 0 Å². The average Bonchev–Trinajstić information content (AvgIpc) is 3.00. The molecule has 3 aromatic rings. The molecule has 2 aromatic carbocycles. The lowest BCUT2D eigenvalue weighted by atomic mass is 10.2. The Morgan fingerprint density at radius 2 is 1.77 bits per heavy atom. The van der Waals surface area contributed by atoms with Gasteiger partial charge in [0.2, 0.25) is 11.7 Å². The van der Waals surface area contributed by atoms with Gasteiger partial charge in [-0.05, 0) is 30.7 Å². The van der Waals surface area contributed by atoms with E-state index in [1.165, 1.54) is 18.2 Å². The van der Waals surface area contributed by atoms with E-state index >= 15 is 0 Å². The van der Waals surface area contributed by atoms with E-state index in [0.717, 1.165) is 12.8 Å². The number of fused-ring (bicyclic) bond motifs is 1. The Kier molecular flexibility index (Phi) is 5.31. The van der Waals surface area contributed by atoms with E-state index in [-0.39, 0.29) is 17.4 Å². The summed E-state index contributed by atoms with van der Waals surface area (Å²) >= 11 is 0. The highest BCUT2D eigenvalue weighted by atomic mass is 19.1. The molecule has 0 fully saturated rings. The zero-order valence-corrected chi connectivity index (χ0v) is 14.3.